The molecule has 11 fully saturated rings. The van der Waals surface area contributed by atoms with Crippen molar-refractivity contribution in [2.75, 3.05) is 26.4 Å². The van der Waals surface area contributed by atoms with Crippen LogP contribution in [-0.2, 0) is 85.5 Å². The molecule has 14 N–H and O–H groups in total. The van der Waals surface area contributed by atoms with E-state index in [0.717, 1.165) is 0 Å². The molecule has 0 aromatic heterocycles. The molecule has 12 rings (SSSR count). The van der Waals surface area contributed by atoms with Crippen molar-refractivity contribution in [1.29, 1.82) is 0 Å². The van der Waals surface area contributed by atoms with Gasteiger partial charge >= 0.3 is 23.9 Å². The minimum Gasteiger partial charge on any atom is -0.479 e. The van der Waals surface area contributed by atoms with E-state index in [1.165, 1.54) is 13.0 Å². The lowest BCUT2D eigenvalue weighted by atomic mass is 9.30. The third-order valence-corrected chi connectivity index (χ3v) is 27.8. The third kappa shape index (κ3) is 13.6. The first-order valence-electron chi connectivity index (χ1n) is 37.7. The molecule has 1 aromatic rings. The minimum atomic E-state index is -2.35. The van der Waals surface area contributed by atoms with Crippen molar-refractivity contribution in [1.82, 2.24) is 0 Å². The molecular formula is C76H112O32. The Kier molecular flexibility index (Phi) is 23.7. The molecule has 6 aliphatic heterocycles. The minimum absolute atomic E-state index is 0.128. The van der Waals surface area contributed by atoms with Crippen molar-refractivity contribution in [3.05, 3.63) is 53.6 Å². The average molecular weight is 1540 g/mol. The van der Waals surface area contributed by atoms with Crippen LogP contribution in [-0.4, -0.2) is 293 Å². The number of carbonyl (C=O) groups is 4. The molecule has 6 saturated heterocycles. The predicted octanol–water partition coefficient (Wildman–Crippen LogP) is 0.122. The molecule has 2 bridgehead atoms. The first-order valence-corrected chi connectivity index (χ1v) is 37.7. The standard InChI is InChI=1S/C76H112O32/c1-13-33(2)62(92)107-59-60(101-45(81)20-19-37-17-15-14-16-18-37)76-42(27-69(59,6)7)75(108-68(76)93)26-22-41-71(10)24-23-43(70(8,9)40(71)21-25-72(41,11)73(75,12)28-44(76)97-36(5)80)100-66-57(106-63-51(87)49(85)47(83)38(29-77)98-63)53(52(88)54(103-66)61(90)91)102-65-56(50(86)48(84)39(30-78)99-65)104-64-55(46(82)34(3)35(4)96-64)105-67-58(89)74(94,31-79)32-95-67/h13-20,34-35,38-44,46-60,63-68,77-79,82-89,93-94H,21-32H2,1-12H3,(H,90,91)/b20-19+,33-13-/t34-,35-,38+,39+,40?,41?,42-,43-,44+,46+,47-,48-,49-,50-,51+,52-,53-,54-,55+,56?,57+,58-,59-,60?,63?,64-,65-,66+,67-,68+,71-,72+,73-,74+,75-,76?/m0/s1. The topological polar surface area (TPSA) is 481 Å². The van der Waals surface area contributed by atoms with E-state index >= 15 is 0 Å². The number of esters is 3. The number of hydrogen-bond acceptors (Lipinski definition) is 31. The number of aliphatic hydroxyl groups is 13. The number of ether oxygens (including phenoxy) is 14. The smallest absolute Gasteiger partial charge is 0.335 e. The van der Waals surface area contributed by atoms with Crippen molar-refractivity contribution < 1.29 is 157 Å². The summed E-state index contributed by atoms with van der Waals surface area (Å²) in [4.78, 5) is 55.9. The van der Waals surface area contributed by atoms with E-state index in [2.05, 4.69) is 20.8 Å². The fourth-order valence-corrected chi connectivity index (χ4v) is 21.4. The van der Waals surface area contributed by atoms with Gasteiger partial charge in [-0.25, -0.2) is 14.4 Å². The number of hydrogen-bond donors (Lipinski definition) is 14. The summed E-state index contributed by atoms with van der Waals surface area (Å²) < 4.78 is 89.5. The zero-order chi connectivity index (χ0) is 78.8. The molecule has 1 spiro atoms. The van der Waals surface area contributed by atoms with E-state index in [9.17, 15) is 90.7 Å². The van der Waals surface area contributed by atoms with Crippen LogP contribution in [0, 0.1) is 56.2 Å². The largest absolute Gasteiger partial charge is 0.479 e. The third-order valence-electron chi connectivity index (χ3n) is 27.8. The second kappa shape index (κ2) is 30.8. The molecular weight excluding hydrogens is 1420 g/mol. The van der Waals surface area contributed by atoms with Crippen LogP contribution in [0.25, 0.3) is 6.08 Å². The molecule has 36 atom stereocenters. The van der Waals surface area contributed by atoms with E-state index in [0.29, 0.717) is 43.2 Å². The Bertz CT molecular complexity index is 3450. The van der Waals surface area contributed by atoms with Crippen LogP contribution in [0.2, 0.25) is 0 Å². The summed E-state index contributed by atoms with van der Waals surface area (Å²) in [5.74, 6) is -5.67. The summed E-state index contributed by atoms with van der Waals surface area (Å²) >= 11 is 0. The zero-order valence-corrected chi connectivity index (χ0v) is 63.0. The van der Waals surface area contributed by atoms with Gasteiger partial charge in [-0.2, -0.15) is 0 Å². The van der Waals surface area contributed by atoms with Gasteiger partial charge in [-0.15, -0.1) is 0 Å². The number of carboxylic acid groups (broad SMARTS) is 1. The normalized spacial score (nSPS) is 49.7. The van der Waals surface area contributed by atoms with Gasteiger partial charge in [-0.3, -0.25) is 4.79 Å². The molecule has 5 saturated carbocycles. The maximum Gasteiger partial charge on any atom is 0.335 e. The molecule has 32 heteroatoms. The van der Waals surface area contributed by atoms with Gasteiger partial charge in [-0.1, -0.05) is 91.8 Å². The molecule has 5 aliphatic carbocycles. The fraction of sp³-hybridized carbons (Fsp3) is 0.816. The Labute approximate surface area is 626 Å². The first-order chi connectivity index (χ1) is 50.7. The van der Waals surface area contributed by atoms with E-state index in [-0.39, 0.29) is 31.1 Å². The molecule has 6 unspecified atom stereocenters. The Morgan fingerprint density at radius 1 is 0.593 bits per heavy atom. The summed E-state index contributed by atoms with van der Waals surface area (Å²) in [6.07, 6.45) is -39.0. The number of aliphatic carboxylic acids is 1. The molecule has 6 heterocycles. The van der Waals surface area contributed by atoms with Crippen molar-refractivity contribution in [2.24, 2.45) is 56.2 Å². The molecule has 0 amide bonds. The number of carbonyl (C=O) groups excluding carboxylic acids is 3. The van der Waals surface area contributed by atoms with Gasteiger partial charge in [0.25, 0.3) is 0 Å². The number of aliphatic hydroxyl groups excluding tert-OH is 12. The molecule has 32 nitrogen and oxygen atoms in total. The van der Waals surface area contributed by atoms with Gasteiger partial charge in [-0.05, 0) is 112 Å². The lowest BCUT2D eigenvalue weighted by molar-refractivity contribution is -0.408. The van der Waals surface area contributed by atoms with Crippen LogP contribution in [0.5, 0.6) is 0 Å². The van der Waals surface area contributed by atoms with Gasteiger partial charge in [0.15, 0.2) is 49.9 Å². The summed E-state index contributed by atoms with van der Waals surface area (Å²) in [5, 5.41) is 158. The molecule has 0 radical (unpaired) electrons. The van der Waals surface area contributed by atoms with Crippen molar-refractivity contribution in [2.45, 2.75) is 305 Å². The molecule has 108 heavy (non-hydrogen) atoms. The summed E-state index contributed by atoms with van der Waals surface area (Å²) in [6.45, 7) is 18.7. The van der Waals surface area contributed by atoms with Crippen LogP contribution in [0.1, 0.15) is 140 Å². The lowest BCUT2D eigenvalue weighted by Gasteiger charge is -2.75. The SMILES string of the molecule is C/C=C(/C)C(=O)O[C@H]1C(OC(=O)/C=C/c2ccccc2)C23[C@H](O)O[C@@]4(CCC5[C@@]6(C)CC[C@H](O[C@@H]7O[C@H](C(=O)O)[C@@H](O)[C@H](O[C@@H]8O[C@H](CO)[C@H](O)[C@H](O)C8O[C@@H]8O[C@@H](C)[C@H](C)[C@@H](O)[C@H]8O[C@@H]8OC[C@](O)(CO)[C@H]8O)[C@H]7OC7O[C@H](CO)[C@H](O)[C@H](O)[C@H]7O)C(C)(C)C6CC[C@@]5(C)[C@]4(C)C[C@H]2OC(C)=O)[C@@H]3CC1(C)C. The number of benzene rings is 1. The van der Waals surface area contributed by atoms with Gasteiger partial charge < -0.3 is 138 Å². The highest BCUT2D eigenvalue weighted by atomic mass is 16.8. The summed E-state index contributed by atoms with van der Waals surface area (Å²) in [7, 11) is 0. The maximum atomic E-state index is 14.5. The highest BCUT2D eigenvalue weighted by molar-refractivity contribution is 5.88. The highest BCUT2D eigenvalue weighted by Crippen LogP contribution is 2.82. The van der Waals surface area contributed by atoms with Gasteiger partial charge in [0, 0.05) is 41.2 Å². The van der Waals surface area contributed by atoms with E-state index in [4.69, 9.17) is 66.3 Å². The maximum absolute atomic E-state index is 14.5. The monoisotopic (exact) mass is 1540 g/mol. The Hall–Kier alpha value is -4.38. The summed E-state index contributed by atoms with van der Waals surface area (Å²) in [6, 6.07) is 9.09. The number of rotatable bonds is 20. The Morgan fingerprint density at radius 2 is 1.19 bits per heavy atom. The van der Waals surface area contributed by atoms with Gasteiger partial charge in [0.05, 0.1) is 50.3 Å². The van der Waals surface area contributed by atoms with Crippen LogP contribution in [0.3, 0.4) is 0 Å². The van der Waals surface area contributed by atoms with Crippen molar-refractivity contribution >= 4 is 30.0 Å². The van der Waals surface area contributed by atoms with Gasteiger partial charge in [0.2, 0.25) is 0 Å². The highest BCUT2D eigenvalue weighted by Gasteiger charge is 2.87. The summed E-state index contributed by atoms with van der Waals surface area (Å²) in [5.41, 5.74) is -8.10. The second-order valence-electron chi connectivity index (χ2n) is 34.2. The van der Waals surface area contributed by atoms with Crippen LogP contribution in [0.15, 0.2) is 48.1 Å². The van der Waals surface area contributed by atoms with E-state index < -0.39 is 266 Å². The molecule has 11 aliphatic rings. The van der Waals surface area contributed by atoms with E-state index in [1.54, 1.807) is 39.8 Å². The van der Waals surface area contributed by atoms with Crippen LogP contribution in [0.4, 0.5) is 0 Å². The number of fused-ring (bicyclic) bond motifs is 4. The zero-order valence-electron chi connectivity index (χ0n) is 63.0. The predicted molar refractivity (Wildman–Crippen MR) is 367 cm³/mol. The van der Waals surface area contributed by atoms with Crippen LogP contribution >= 0.6 is 0 Å². The number of carboxylic acids is 1. The Morgan fingerprint density at radius 3 is 1.82 bits per heavy atom. The Balaban J connectivity index is 0.872. The van der Waals surface area contributed by atoms with Crippen molar-refractivity contribution in [3.8, 4) is 0 Å². The quantitative estimate of drug-likeness (QED) is 0.0357. The molecule has 608 valence electrons. The molecule has 1 aromatic carbocycles. The van der Waals surface area contributed by atoms with Crippen molar-refractivity contribution in [3.63, 3.8) is 0 Å². The lowest BCUT2D eigenvalue weighted by Crippen LogP contribution is -2.77. The number of allylic oxidation sites excluding steroid dienone is 1. The van der Waals surface area contributed by atoms with Crippen LogP contribution < -0.4 is 0 Å². The second-order valence-corrected chi connectivity index (χ2v) is 34.2. The first kappa shape index (κ1) is 83.1. The average Bonchev–Trinajstić information content (AvgIpc) is 1.41. The van der Waals surface area contributed by atoms with Gasteiger partial charge in [0.1, 0.15) is 103 Å². The fourth-order valence-electron chi connectivity index (χ4n) is 21.4. The van der Waals surface area contributed by atoms with E-state index in [1.807, 2.05) is 58.0 Å².